The monoisotopic (exact) mass is 649 g/mol. The third-order valence-electron chi connectivity index (χ3n) is 5.57. The number of carbonyl (C=O) groups is 2. The van der Waals surface area contributed by atoms with E-state index in [0.717, 1.165) is 12.0 Å². The van der Waals surface area contributed by atoms with E-state index >= 15 is 0 Å². The van der Waals surface area contributed by atoms with E-state index in [1.54, 1.807) is 38.3 Å². The van der Waals surface area contributed by atoms with Crippen molar-refractivity contribution in [2.75, 3.05) is 13.7 Å². The second-order valence-electron chi connectivity index (χ2n) is 8.70. The van der Waals surface area contributed by atoms with Crippen LogP contribution >= 0.6 is 39.1 Å². The van der Waals surface area contributed by atoms with Gasteiger partial charge in [0.1, 0.15) is 11.8 Å². The zero-order valence-electron chi connectivity index (χ0n) is 22.2. The summed E-state index contributed by atoms with van der Waals surface area (Å²) in [6.45, 7) is 4.12. The average molecular weight is 651 g/mol. The zero-order valence-corrected chi connectivity index (χ0v) is 25.3. The van der Waals surface area contributed by atoms with E-state index in [0.29, 0.717) is 38.9 Å². The number of benzene rings is 3. The van der Waals surface area contributed by atoms with Crippen LogP contribution < -0.4 is 25.0 Å². The molecule has 0 saturated carbocycles. The molecule has 0 bridgehead atoms. The molecular formula is C29H30BrCl2N3O5. The predicted octanol–water partition coefficient (Wildman–Crippen LogP) is 6.20. The van der Waals surface area contributed by atoms with Crippen molar-refractivity contribution in [3.63, 3.8) is 0 Å². The highest BCUT2D eigenvalue weighted by Crippen LogP contribution is 2.36. The summed E-state index contributed by atoms with van der Waals surface area (Å²) in [5.41, 5.74) is 4.04. The van der Waals surface area contributed by atoms with E-state index in [1.807, 2.05) is 37.3 Å². The minimum Gasteiger partial charge on any atom is -0.493 e. The lowest BCUT2D eigenvalue weighted by molar-refractivity contribution is -0.132. The van der Waals surface area contributed by atoms with E-state index in [1.165, 1.54) is 12.3 Å². The number of ether oxygens (including phenoxy) is 3. The van der Waals surface area contributed by atoms with Gasteiger partial charge in [-0.2, -0.15) is 5.10 Å². The molecule has 11 heteroatoms. The highest BCUT2D eigenvalue weighted by atomic mass is 79.9. The third kappa shape index (κ3) is 9.15. The van der Waals surface area contributed by atoms with Gasteiger partial charge >= 0.3 is 0 Å². The molecule has 0 radical (unpaired) electrons. The molecule has 3 aromatic rings. The van der Waals surface area contributed by atoms with Gasteiger partial charge in [-0.3, -0.25) is 9.59 Å². The summed E-state index contributed by atoms with van der Waals surface area (Å²) in [4.78, 5) is 26.1. The van der Waals surface area contributed by atoms with E-state index < -0.39 is 24.0 Å². The number of rotatable bonds is 13. The van der Waals surface area contributed by atoms with Gasteiger partial charge in [0.05, 0.1) is 29.4 Å². The lowest BCUT2D eigenvalue weighted by Crippen LogP contribution is -2.50. The third-order valence-corrected chi connectivity index (χ3v) is 6.69. The Bertz CT molecular complexity index is 1340. The Kier molecular flexibility index (Phi) is 12.1. The Hall–Kier alpha value is -3.27. The van der Waals surface area contributed by atoms with Gasteiger partial charge in [0, 0.05) is 11.4 Å². The second kappa shape index (κ2) is 15.5. The lowest BCUT2D eigenvalue weighted by atomic mass is 10.1. The van der Waals surface area contributed by atoms with Gasteiger partial charge in [0.25, 0.3) is 11.8 Å². The van der Waals surface area contributed by atoms with Crippen LogP contribution in [-0.4, -0.2) is 43.9 Å². The Labute approximate surface area is 252 Å². The number of hydrogen-bond donors (Lipinski definition) is 2. The summed E-state index contributed by atoms with van der Waals surface area (Å²) in [6, 6.07) is 16.7. The van der Waals surface area contributed by atoms with Crippen molar-refractivity contribution in [2.24, 2.45) is 5.10 Å². The molecule has 212 valence electrons. The van der Waals surface area contributed by atoms with Crippen LogP contribution in [0.15, 0.2) is 70.2 Å². The minimum atomic E-state index is -0.938. The van der Waals surface area contributed by atoms with Crippen molar-refractivity contribution in [2.45, 2.75) is 38.8 Å². The average Bonchev–Trinajstić information content (AvgIpc) is 2.93. The van der Waals surface area contributed by atoms with E-state index in [-0.39, 0.29) is 11.4 Å². The molecule has 0 heterocycles. The number of nitrogens with one attached hydrogen (secondary N) is 2. The van der Waals surface area contributed by atoms with Crippen molar-refractivity contribution in [1.82, 2.24) is 10.7 Å². The van der Waals surface area contributed by atoms with Gasteiger partial charge in [0.15, 0.2) is 17.6 Å². The van der Waals surface area contributed by atoms with Gasteiger partial charge < -0.3 is 19.5 Å². The Balaban J connectivity index is 1.71. The fraction of sp³-hybridized carbons (Fsp3) is 0.276. The highest BCUT2D eigenvalue weighted by molar-refractivity contribution is 9.10. The molecule has 2 amide bonds. The van der Waals surface area contributed by atoms with Gasteiger partial charge in [-0.25, -0.2) is 5.43 Å². The van der Waals surface area contributed by atoms with E-state index in [4.69, 9.17) is 37.4 Å². The van der Waals surface area contributed by atoms with Gasteiger partial charge in [-0.1, -0.05) is 60.5 Å². The summed E-state index contributed by atoms with van der Waals surface area (Å²) >= 11 is 15.6. The predicted molar refractivity (Wildman–Crippen MR) is 161 cm³/mol. The highest BCUT2D eigenvalue weighted by Gasteiger charge is 2.25. The van der Waals surface area contributed by atoms with E-state index in [2.05, 4.69) is 31.8 Å². The van der Waals surface area contributed by atoms with Crippen molar-refractivity contribution in [3.8, 4) is 17.2 Å². The number of methoxy groups -OCH3 is 1. The van der Waals surface area contributed by atoms with Gasteiger partial charge in [-0.05, 0) is 70.7 Å². The number of amides is 2. The summed E-state index contributed by atoms with van der Waals surface area (Å²) < 4.78 is 17.6. The molecule has 0 spiro atoms. The first-order chi connectivity index (χ1) is 19.2. The number of carbonyl (C=O) groups excluding carboxylic acids is 2. The first-order valence-electron chi connectivity index (χ1n) is 12.5. The number of hydrogen-bond acceptors (Lipinski definition) is 6. The maximum absolute atomic E-state index is 13.1. The van der Waals surface area contributed by atoms with Crippen molar-refractivity contribution < 1.29 is 23.8 Å². The molecule has 0 aliphatic carbocycles. The molecule has 3 rings (SSSR count). The summed E-state index contributed by atoms with van der Waals surface area (Å²) in [5.74, 6) is 0.420. The number of hydrazone groups is 1. The van der Waals surface area contributed by atoms with Crippen LogP contribution in [0.5, 0.6) is 17.2 Å². The second-order valence-corrected chi connectivity index (χ2v) is 10.4. The molecule has 2 atom stereocenters. The minimum absolute atomic E-state index is 0.241. The Morgan fingerprint density at radius 3 is 2.48 bits per heavy atom. The molecule has 40 heavy (non-hydrogen) atoms. The van der Waals surface area contributed by atoms with Crippen molar-refractivity contribution >= 4 is 57.2 Å². The first kappa shape index (κ1) is 31.3. The quantitative estimate of drug-likeness (QED) is 0.170. The Morgan fingerprint density at radius 2 is 1.80 bits per heavy atom. The largest absolute Gasteiger partial charge is 0.493 e. The summed E-state index contributed by atoms with van der Waals surface area (Å²) in [5, 5.41) is 7.57. The number of halogens is 3. The van der Waals surface area contributed by atoms with Crippen LogP contribution in [0.2, 0.25) is 10.0 Å². The number of nitrogens with zero attached hydrogens (tertiary/aromatic N) is 1. The van der Waals surface area contributed by atoms with Crippen LogP contribution in [0.1, 0.15) is 31.4 Å². The summed E-state index contributed by atoms with van der Waals surface area (Å²) in [6.07, 6.45) is 1.63. The molecule has 0 aliphatic heterocycles. The fourth-order valence-corrected chi connectivity index (χ4v) is 4.60. The smallest absolute Gasteiger partial charge is 0.262 e. The van der Waals surface area contributed by atoms with Crippen LogP contribution in [0.4, 0.5) is 0 Å². The van der Waals surface area contributed by atoms with Crippen LogP contribution in [0, 0.1) is 0 Å². The van der Waals surface area contributed by atoms with E-state index in [9.17, 15) is 9.59 Å². The fourth-order valence-electron chi connectivity index (χ4n) is 3.57. The van der Waals surface area contributed by atoms with Crippen LogP contribution in [0.25, 0.3) is 0 Å². The molecule has 0 unspecified atom stereocenters. The van der Waals surface area contributed by atoms with Gasteiger partial charge in [0.2, 0.25) is 0 Å². The molecule has 0 aromatic heterocycles. The van der Waals surface area contributed by atoms with Crippen LogP contribution in [-0.2, 0) is 16.0 Å². The van der Waals surface area contributed by atoms with Crippen molar-refractivity contribution in [3.05, 3.63) is 86.3 Å². The standard InChI is InChI=1S/C29H30BrCl2N3O5/c1-4-12-39-27-22(30)13-20(15-26(27)38-3)17-33-35-29(37)24(14-19-8-6-5-7-9-19)34-28(36)18(2)40-25-11-10-21(31)16-23(25)32/h5-11,13,15-18,24H,4,12,14H2,1-3H3,(H,34,36)(H,35,37)/b33-17-/t18-,24+/m0/s1. The normalized spacial score (nSPS) is 12.4. The maximum Gasteiger partial charge on any atom is 0.262 e. The molecule has 0 aliphatic rings. The summed E-state index contributed by atoms with van der Waals surface area (Å²) in [7, 11) is 1.55. The van der Waals surface area contributed by atoms with Gasteiger partial charge in [-0.15, -0.1) is 0 Å². The zero-order chi connectivity index (χ0) is 29.1. The Morgan fingerprint density at radius 1 is 1.05 bits per heavy atom. The SMILES string of the molecule is CCCOc1c(Br)cc(/C=N\NC(=O)[C@@H](Cc2ccccc2)NC(=O)[C@H](C)Oc2ccc(Cl)cc2Cl)cc1OC. The van der Waals surface area contributed by atoms with Crippen LogP contribution in [0.3, 0.4) is 0 Å². The first-order valence-corrected chi connectivity index (χ1v) is 14.1. The lowest BCUT2D eigenvalue weighted by Gasteiger charge is -2.21. The molecule has 0 saturated heterocycles. The molecule has 2 N–H and O–H groups in total. The molecule has 0 fully saturated rings. The maximum atomic E-state index is 13.1. The van der Waals surface area contributed by atoms with Crippen molar-refractivity contribution in [1.29, 1.82) is 0 Å². The molecule has 3 aromatic carbocycles. The molecular weight excluding hydrogens is 621 g/mol. The molecule has 8 nitrogen and oxygen atoms in total. The topological polar surface area (TPSA) is 98.2 Å².